The number of ether oxygens (including phenoxy) is 1. The Bertz CT molecular complexity index is 877. The smallest absolute Gasteiger partial charge is 0.256 e. The number of amides is 1. The van der Waals surface area contributed by atoms with E-state index in [9.17, 15) is 9.90 Å². The first kappa shape index (κ1) is 18.2. The minimum absolute atomic E-state index is 0.0780. The molecule has 1 aliphatic carbocycles. The fourth-order valence-corrected chi connectivity index (χ4v) is 4.35. The summed E-state index contributed by atoms with van der Waals surface area (Å²) in [7, 11) is 0. The number of terminal acetylenes is 1. The summed E-state index contributed by atoms with van der Waals surface area (Å²) >= 11 is 6.10. The van der Waals surface area contributed by atoms with E-state index in [4.69, 9.17) is 22.8 Å². The first-order chi connectivity index (χ1) is 12.4. The minimum Gasteiger partial charge on any atom is -0.509 e. The van der Waals surface area contributed by atoms with Gasteiger partial charge in [0.05, 0.1) is 5.57 Å². The van der Waals surface area contributed by atoms with Crippen LogP contribution in [0.15, 0.2) is 17.9 Å². The van der Waals surface area contributed by atoms with Gasteiger partial charge in [0, 0.05) is 17.4 Å². The van der Waals surface area contributed by atoms with E-state index in [0.29, 0.717) is 23.4 Å². The monoisotopic (exact) mass is 369 g/mol. The van der Waals surface area contributed by atoms with Gasteiger partial charge in [-0.3, -0.25) is 4.79 Å². The van der Waals surface area contributed by atoms with Crippen LogP contribution in [-0.2, 0) is 9.53 Å². The van der Waals surface area contributed by atoms with Gasteiger partial charge in [-0.15, -0.1) is 6.42 Å². The first-order valence-electron chi connectivity index (χ1n) is 8.52. The van der Waals surface area contributed by atoms with E-state index in [1.54, 1.807) is 12.1 Å². The SMILES string of the molecule is C#CC#COC1CCCC2(C1)NC(=O)C(c1c(C)cc(Cl)cc1C)=C2O. The molecule has 1 amide bonds. The van der Waals surface area contributed by atoms with Gasteiger partial charge in [-0.05, 0) is 67.9 Å². The van der Waals surface area contributed by atoms with Crippen molar-refractivity contribution < 1.29 is 14.6 Å². The summed E-state index contributed by atoms with van der Waals surface area (Å²) in [5.41, 5.74) is 1.95. The second-order valence-electron chi connectivity index (χ2n) is 6.88. The van der Waals surface area contributed by atoms with Crippen LogP contribution in [0.3, 0.4) is 0 Å². The summed E-state index contributed by atoms with van der Waals surface area (Å²) in [6, 6.07) is 3.59. The zero-order valence-corrected chi connectivity index (χ0v) is 15.5. The molecule has 2 aliphatic rings. The van der Waals surface area contributed by atoms with Gasteiger partial charge in [-0.2, -0.15) is 0 Å². The molecule has 0 aromatic heterocycles. The highest BCUT2D eigenvalue weighted by atomic mass is 35.5. The lowest BCUT2D eigenvalue weighted by Crippen LogP contribution is -2.49. The average molecular weight is 370 g/mol. The number of aliphatic hydroxyl groups excluding tert-OH is 1. The molecule has 1 aromatic carbocycles. The molecule has 2 atom stereocenters. The maximum Gasteiger partial charge on any atom is 0.256 e. The molecule has 4 nitrogen and oxygen atoms in total. The molecular formula is C21H20ClNO3. The van der Waals surface area contributed by atoms with E-state index in [2.05, 4.69) is 23.3 Å². The third kappa shape index (κ3) is 3.14. The Kier molecular flexibility index (Phi) is 4.90. The third-order valence-electron chi connectivity index (χ3n) is 5.07. The van der Waals surface area contributed by atoms with Crippen LogP contribution in [0.2, 0.25) is 5.02 Å². The van der Waals surface area contributed by atoms with E-state index in [0.717, 1.165) is 29.5 Å². The second-order valence-corrected chi connectivity index (χ2v) is 7.32. The number of benzene rings is 1. The largest absolute Gasteiger partial charge is 0.509 e. The predicted octanol–water partition coefficient (Wildman–Crippen LogP) is 3.65. The highest BCUT2D eigenvalue weighted by molar-refractivity contribution is 6.31. The van der Waals surface area contributed by atoms with Crippen molar-refractivity contribution in [2.45, 2.75) is 51.2 Å². The van der Waals surface area contributed by atoms with Gasteiger partial charge < -0.3 is 15.2 Å². The Balaban J connectivity index is 2.00. The first-order valence-corrected chi connectivity index (χ1v) is 8.90. The number of aryl methyl sites for hydroxylation is 2. The van der Waals surface area contributed by atoms with E-state index in [1.807, 2.05) is 13.8 Å². The van der Waals surface area contributed by atoms with Crippen LogP contribution < -0.4 is 5.32 Å². The number of nitrogens with one attached hydrogen (secondary N) is 1. The average Bonchev–Trinajstić information content (AvgIpc) is 2.79. The minimum atomic E-state index is -0.814. The fourth-order valence-electron chi connectivity index (χ4n) is 4.02. The molecule has 1 spiro atoms. The Morgan fingerprint density at radius 1 is 1.38 bits per heavy atom. The molecule has 1 fully saturated rings. The van der Waals surface area contributed by atoms with Crippen LogP contribution >= 0.6 is 11.6 Å². The molecule has 1 aliphatic heterocycles. The Hall–Kier alpha value is -2.56. The maximum absolute atomic E-state index is 12.8. The lowest BCUT2D eigenvalue weighted by Gasteiger charge is -2.36. The number of rotatable bonds is 2. The van der Waals surface area contributed by atoms with Gasteiger partial charge in [0.15, 0.2) is 0 Å². The van der Waals surface area contributed by atoms with Gasteiger partial charge >= 0.3 is 0 Å². The van der Waals surface area contributed by atoms with Crippen molar-refractivity contribution in [3.8, 4) is 24.4 Å². The summed E-state index contributed by atoms with van der Waals surface area (Å²) in [6.45, 7) is 3.77. The zero-order chi connectivity index (χ0) is 18.9. The van der Waals surface area contributed by atoms with Crippen LogP contribution in [0, 0.1) is 38.2 Å². The summed E-state index contributed by atoms with van der Waals surface area (Å²) in [5.74, 6) is 4.44. The van der Waals surface area contributed by atoms with Crippen LogP contribution in [-0.4, -0.2) is 22.7 Å². The highest BCUT2D eigenvalue weighted by Gasteiger charge is 2.49. The van der Waals surface area contributed by atoms with Crippen LogP contribution in [0.25, 0.3) is 5.57 Å². The van der Waals surface area contributed by atoms with Crippen LogP contribution in [0.4, 0.5) is 0 Å². The van der Waals surface area contributed by atoms with Crippen molar-refractivity contribution in [2.75, 3.05) is 0 Å². The van der Waals surface area contributed by atoms with Crippen molar-refractivity contribution in [3.63, 3.8) is 0 Å². The number of aliphatic hydroxyl groups is 1. The van der Waals surface area contributed by atoms with Gasteiger partial charge in [0.2, 0.25) is 0 Å². The molecule has 3 rings (SSSR count). The molecule has 134 valence electrons. The van der Waals surface area contributed by atoms with Crippen molar-refractivity contribution in [1.29, 1.82) is 0 Å². The van der Waals surface area contributed by atoms with Crippen molar-refractivity contribution >= 4 is 23.1 Å². The molecule has 0 saturated heterocycles. The summed E-state index contributed by atoms with van der Waals surface area (Å²) in [4.78, 5) is 12.8. The summed E-state index contributed by atoms with van der Waals surface area (Å²) in [5, 5.41) is 14.6. The van der Waals surface area contributed by atoms with Gasteiger partial charge in [0.25, 0.3) is 5.91 Å². The Morgan fingerprint density at radius 2 is 2.08 bits per heavy atom. The maximum atomic E-state index is 12.8. The molecule has 1 aromatic rings. The number of hydrogen-bond acceptors (Lipinski definition) is 3. The van der Waals surface area contributed by atoms with E-state index in [1.165, 1.54) is 0 Å². The van der Waals surface area contributed by atoms with Crippen molar-refractivity contribution in [2.24, 2.45) is 0 Å². The Labute approximate surface area is 158 Å². The number of carbonyl (C=O) groups excluding carboxylic acids is 1. The van der Waals surface area contributed by atoms with E-state index in [-0.39, 0.29) is 17.8 Å². The Morgan fingerprint density at radius 3 is 2.73 bits per heavy atom. The molecule has 26 heavy (non-hydrogen) atoms. The fraction of sp³-hybridized carbons (Fsp3) is 0.381. The van der Waals surface area contributed by atoms with Gasteiger partial charge in [0.1, 0.15) is 23.5 Å². The molecule has 2 N–H and O–H groups in total. The molecule has 1 heterocycles. The van der Waals surface area contributed by atoms with Crippen molar-refractivity contribution in [3.05, 3.63) is 39.6 Å². The molecule has 0 bridgehead atoms. The lowest BCUT2D eigenvalue weighted by atomic mass is 9.78. The third-order valence-corrected chi connectivity index (χ3v) is 5.29. The zero-order valence-electron chi connectivity index (χ0n) is 14.8. The van der Waals surface area contributed by atoms with E-state index >= 15 is 0 Å². The quantitative estimate of drug-likeness (QED) is 0.782. The van der Waals surface area contributed by atoms with Crippen molar-refractivity contribution in [1.82, 2.24) is 5.32 Å². The molecular weight excluding hydrogens is 350 g/mol. The normalized spacial score (nSPS) is 24.7. The summed E-state index contributed by atoms with van der Waals surface area (Å²) < 4.78 is 5.49. The second kappa shape index (κ2) is 6.98. The van der Waals surface area contributed by atoms with Gasteiger partial charge in [-0.25, -0.2) is 0 Å². The molecule has 2 unspecified atom stereocenters. The van der Waals surface area contributed by atoms with Gasteiger partial charge in [-0.1, -0.05) is 11.6 Å². The van der Waals surface area contributed by atoms with Crippen LogP contribution in [0.1, 0.15) is 42.4 Å². The van der Waals surface area contributed by atoms with Crippen LogP contribution in [0.5, 0.6) is 0 Å². The predicted molar refractivity (Wildman–Crippen MR) is 101 cm³/mol. The number of hydrogen-bond donors (Lipinski definition) is 2. The molecule has 0 radical (unpaired) electrons. The van der Waals surface area contributed by atoms with E-state index < -0.39 is 5.54 Å². The summed E-state index contributed by atoms with van der Waals surface area (Å²) in [6.07, 6.45) is 10.1. The standard InChI is InChI=1S/C21H20ClNO3/c1-4-5-9-26-16-7-6-8-21(12-16)19(24)18(20(25)23-21)17-13(2)10-15(22)11-14(17)3/h1,10-11,16,24H,6-8,12H2,2-3H3,(H,23,25). The topological polar surface area (TPSA) is 58.6 Å². The lowest BCUT2D eigenvalue weighted by molar-refractivity contribution is -0.116. The number of carbonyl (C=O) groups is 1. The molecule has 5 heteroatoms. The number of halogens is 1. The molecule has 1 saturated carbocycles. The highest BCUT2D eigenvalue weighted by Crippen LogP contribution is 2.43.